The molecule has 13 atom stereocenters. The van der Waals surface area contributed by atoms with Gasteiger partial charge in [-0.05, 0) is 85.5 Å². The van der Waals surface area contributed by atoms with Gasteiger partial charge in [-0.25, -0.2) is 29.1 Å². The molecule has 3 heterocycles. The molecule has 0 radical (unpaired) electrons. The number of aliphatic carboxylic acids is 2. The highest BCUT2D eigenvalue weighted by molar-refractivity contribution is 8.76. The molecule has 2 saturated carbocycles. The molecule has 3 amide bonds. The van der Waals surface area contributed by atoms with Crippen LogP contribution in [0.25, 0.3) is 11.2 Å². The summed E-state index contributed by atoms with van der Waals surface area (Å²) in [5, 5.41) is 56.9. The average Bonchev–Trinajstić information content (AvgIpc) is 0.667. The number of aromatic nitrogens is 4. The maximum Gasteiger partial charge on any atom is 0.338 e. The number of nitrogen functional groups attached to an aromatic ring is 1. The molecule has 6 aromatic rings. The molecule has 3 aliphatic carbocycles. The second-order valence-electron chi connectivity index (χ2n) is 26.5. The van der Waals surface area contributed by atoms with Crippen molar-refractivity contribution in [2.24, 2.45) is 16.7 Å². The molecular formula is C72H77N9O22S2. The van der Waals surface area contributed by atoms with E-state index < -0.39 is 186 Å². The summed E-state index contributed by atoms with van der Waals surface area (Å²) in [6.45, 7) is 7.55. The molecule has 31 nitrogen and oxygen atoms in total. The molecule has 5 unspecified atom stereocenters. The number of aliphatic hydroxyl groups is 2. The number of anilines is 2. The van der Waals surface area contributed by atoms with Crippen LogP contribution in [0.5, 0.6) is 0 Å². The van der Waals surface area contributed by atoms with Crippen molar-refractivity contribution in [3.05, 3.63) is 171 Å². The Hall–Kier alpha value is -10.6. The van der Waals surface area contributed by atoms with Gasteiger partial charge in [0.2, 0.25) is 11.9 Å². The summed E-state index contributed by atoms with van der Waals surface area (Å²) in [5.41, 5.74) is -2.35. The van der Waals surface area contributed by atoms with Crippen molar-refractivity contribution in [2.75, 3.05) is 29.2 Å². The molecule has 4 aromatic carbocycles. The number of H-pyrrole nitrogens is 1. The minimum Gasteiger partial charge on any atom is -0.480 e. The topological polar surface area (TPSA) is 470 Å². The molecule has 105 heavy (non-hydrogen) atoms. The number of rotatable bonds is 28. The highest BCUT2D eigenvalue weighted by Gasteiger charge is 2.79. The quantitative estimate of drug-likeness (QED) is 0.0106. The van der Waals surface area contributed by atoms with Crippen LogP contribution < -0.4 is 32.6 Å². The Labute approximate surface area is 607 Å². The van der Waals surface area contributed by atoms with Crippen LogP contribution in [0, 0.1) is 16.7 Å². The molecule has 10 rings (SSSR count). The Morgan fingerprint density at radius 1 is 0.743 bits per heavy atom. The molecule has 1 aliphatic heterocycles. The lowest BCUT2D eigenvalue weighted by Crippen LogP contribution is -2.82. The molecule has 4 aliphatic rings. The van der Waals surface area contributed by atoms with E-state index in [4.69, 9.17) is 34.2 Å². The van der Waals surface area contributed by atoms with Crippen LogP contribution in [-0.2, 0) is 73.3 Å². The number of hydrogen-bond donors (Lipinski definition) is 10. The Kier molecular flexibility index (Phi) is 23.6. The number of carbonyl (C=O) groups excluding carboxylic acids is 9. The zero-order chi connectivity index (χ0) is 75.9. The van der Waals surface area contributed by atoms with Crippen molar-refractivity contribution in [3.63, 3.8) is 0 Å². The highest BCUT2D eigenvalue weighted by atomic mass is 33.1. The third kappa shape index (κ3) is 16.5. The first-order valence-corrected chi connectivity index (χ1v) is 35.7. The average molecular weight is 1480 g/mol. The lowest BCUT2D eigenvalue weighted by molar-refractivity contribution is -0.346. The van der Waals surface area contributed by atoms with Crippen molar-refractivity contribution < 1.29 is 102 Å². The largest absolute Gasteiger partial charge is 0.480 e. The zero-order valence-electron chi connectivity index (χ0n) is 57.6. The second-order valence-corrected chi connectivity index (χ2v) is 29.1. The summed E-state index contributed by atoms with van der Waals surface area (Å²) in [4.78, 5) is 179. The number of ketones is 1. The Morgan fingerprint density at radius 3 is 1.99 bits per heavy atom. The van der Waals surface area contributed by atoms with E-state index in [0.717, 1.165) is 35.4 Å². The molecule has 2 aromatic heterocycles. The summed E-state index contributed by atoms with van der Waals surface area (Å²) in [6, 6.07) is 24.9. The van der Waals surface area contributed by atoms with Gasteiger partial charge < -0.3 is 75.8 Å². The van der Waals surface area contributed by atoms with Crippen LogP contribution in [0.15, 0.2) is 137 Å². The van der Waals surface area contributed by atoms with Gasteiger partial charge >= 0.3 is 41.8 Å². The second kappa shape index (κ2) is 32.2. The molecule has 0 spiro atoms. The van der Waals surface area contributed by atoms with Gasteiger partial charge in [0, 0.05) is 66.8 Å². The van der Waals surface area contributed by atoms with Gasteiger partial charge in [0.15, 0.2) is 34.8 Å². The van der Waals surface area contributed by atoms with Crippen molar-refractivity contribution in [2.45, 2.75) is 146 Å². The summed E-state index contributed by atoms with van der Waals surface area (Å²) in [5.74, 6) is -13.7. The van der Waals surface area contributed by atoms with Gasteiger partial charge in [-0.1, -0.05) is 102 Å². The van der Waals surface area contributed by atoms with Crippen molar-refractivity contribution in [1.82, 2.24) is 35.9 Å². The molecule has 3 fully saturated rings. The summed E-state index contributed by atoms with van der Waals surface area (Å²) in [6.07, 6.45) is -11.8. The van der Waals surface area contributed by atoms with Gasteiger partial charge in [-0.3, -0.25) is 43.3 Å². The number of ether oxygens (including phenoxy) is 6. The first-order chi connectivity index (χ1) is 49.9. The number of carbonyl (C=O) groups is 11. The lowest BCUT2D eigenvalue weighted by Gasteiger charge is -2.67. The number of amides is 3. The van der Waals surface area contributed by atoms with Crippen LogP contribution in [0.1, 0.15) is 122 Å². The summed E-state index contributed by atoms with van der Waals surface area (Å²) < 4.78 is 37.5. The predicted octanol–water partition coefficient (Wildman–Crippen LogP) is 4.51. The standard InChI is InChI=1S/C72H77N9O22S2/c1-36-47(100-67(96)55(86)53(39-16-10-7-11-17-39)79-62(89)40-18-12-8-13-19-40)31-72(97)59(102-66(95)42-20-14-9-15-21-42)57-70(6,58(87)56(99-37(2)82)52(36)69(72,4)5)48(30-49-71(57,35-98-49)103-38(3)83)101-51(85)28-29-104-105-34-46(65(93)94)77-50(84)27-26-45(64(91)92)78-61(88)41-22-24-43(25-23-41)74-32-44-33-75-60-54(76-44)63(90)81-68(73)80-60/h7-25,33,45-49,53,55-57,59,74,86,97H,26-32,34-35H2,1-6H3,(H,77,84)(H,78,88)(H,79,89)(H,91,92)(H,93,94)(H3,73,75,80,81,90)/t45?,46?,47-,48?,49+,53-,55+,56+,57?,59-,70?,71-,72+/m0/s1. The summed E-state index contributed by atoms with van der Waals surface area (Å²) in [7, 11) is 1.94. The van der Waals surface area contributed by atoms with Crippen molar-refractivity contribution in [3.8, 4) is 0 Å². The van der Waals surface area contributed by atoms with E-state index in [0.29, 0.717) is 16.9 Å². The normalized spacial score (nSPS) is 23.9. The fraction of sp³-hybridized carbons (Fsp3) is 0.403. The summed E-state index contributed by atoms with van der Waals surface area (Å²) >= 11 is 0. The first-order valence-electron chi connectivity index (χ1n) is 33.2. The van der Waals surface area contributed by atoms with Crippen LogP contribution in [0.3, 0.4) is 0 Å². The number of benzene rings is 4. The van der Waals surface area contributed by atoms with Crippen LogP contribution in [-0.4, -0.2) is 184 Å². The maximum absolute atomic E-state index is 16.5. The van der Waals surface area contributed by atoms with E-state index in [1.165, 1.54) is 82.4 Å². The third-order valence-electron chi connectivity index (χ3n) is 19.4. The number of aliphatic hydroxyl groups excluding tert-OH is 1. The number of nitrogens with one attached hydrogen (secondary N) is 5. The van der Waals surface area contributed by atoms with E-state index in [9.17, 15) is 73.2 Å². The molecule has 11 N–H and O–H groups in total. The van der Waals surface area contributed by atoms with Crippen molar-refractivity contribution >= 4 is 110 Å². The number of aromatic amines is 1. The molecule has 2 bridgehead atoms. The minimum absolute atomic E-state index is 0.0186. The fourth-order valence-electron chi connectivity index (χ4n) is 14.1. The van der Waals surface area contributed by atoms with Crippen LogP contribution >= 0.6 is 21.6 Å². The fourth-order valence-corrected chi connectivity index (χ4v) is 16.2. The SMILES string of the molecule is CC(=O)O[C@H]1C(=O)C2(C)C(OC(=O)CCSSCC(NC(=O)CCC(NC(=O)c3ccc(NCc4cnc5nc(N)[nH]c(=O)c5n4)cc3)C(=O)O)C(=O)O)C[C@H]3OC[C@@]3(OC(C)=O)C2[C@H](OC(=O)c2ccccc2)[C@]2(O)C[C@H](OC(=O)[C@H](O)[C@@H](NC(=O)c3ccccc3)c3ccccc3)C(C)=C1C2(C)C. The number of fused-ring (bicyclic) bond motifs is 6. The Morgan fingerprint density at radius 2 is 1.37 bits per heavy atom. The first kappa shape index (κ1) is 77.0. The van der Waals surface area contributed by atoms with E-state index in [2.05, 4.69) is 41.2 Å². The van der Waals surface area contributed by atoms with Crippen LogP contribution in [0.4, 0.5) is 11.6 Å². The van der Waals surface area contributed by atoms with Gasteiger partial charge in [-0.2, -0.15) is 4.98 Å². The zero-order valence-corrected chi connectivity index (χ0v) is 59.2. The monoisotopic (exact) mass is 1480 g/mol. The number of hydrogen-bond acceptors (Lipinski definition) is 27. The predicted molar refractivity (Wildman–Crippen MR) is 375 cm³/mol. The lowest BCUT2D eigenvalue weighted by atomic mass is 9.44. The number of esters is 5. The van der Waals surface area contributed by atoms with E-state index in [1.807, 2.05) is 0 Å². The van der Waals surface area contributed by atoms with Crippen LogP contribution in [0.2, 0.25) is 0 Å². The van der Waals surface area contributed by atoms with E-state index in [1.54, 1.807) is 66.7 Å². The number of nitrogens with two attached hydrogens (primary N) is 1. The number of carboxylic acid groups (broad SMARTS) is 2. The van der Waals surface area contributed by atoms with Gasteiger partial charge in [-0.15, -0.1) is 0 Å². The molecule has 33 heteroatoms. The number of nitrogens with zero attached hydrogens (tertiary/aromatic N) is 3. The highest BCUT2D eigenvalue weighted by Crippen LogP contribution is 2.65. The molecule has 1 saturated heterocycles. The number of carboxylic acids is 2. The minimum atomic E-state index is -2.60. The van der Waals surface area contributed by atoms with E-state index in [-0.39, 0.29) is 69.4 Å². The maximum atomic E-state index is 16.5. The Balaban J connectivity index is 0.839. The van der Waals surface area contributed by atoms with E-state index >= 15 is 4.79 Å². The van der Waals surface area contributed by atoms with Gasteiger partial charge in [0.1, 0.15) is 42.1 Å². The molecule has 554 valence electrons. The molecular weight excluding hydrogens is 1410 g/mol. The van der Waals surface area contributed by atoms with Gasteiger partial charge in [0.25, 0.3) is 17.4 Å². The Bertz CT molecular complexity index is 4440. The number of Topliss-reactive ketones (excluding diaryl/α,β-unsaturated/α-hetero) is 1. The van der Waals surface area contributed by atoms with Crippen molar-refractivity contribution in [1.29, 1.82) is 0 Å². The smallest absolute Gasteiger partial charge is 0.338 e. The van der Waals surface area contributed by atoms with Gasteiger partial charge in [0.05, 0.1) is 54.4 Å². The third-order valence-corrected chi connectivity index (χ3v) is 21.8.